The number of nitrogens with zero attached hydrogens (tertiary/aromatic N) is 3. The number of methoxy groups -OCH3 is 1. The van der Waals surface area contributed by atoms with Crippen molar-refractivity contribution >= 4 is 34.8 Å². The fraction of sp³-hybridized carbons (Fsp3) is 0.167. The van der Waals surface area contributed by atoms with Gasteiger partial charge in [0, 0.05) is 37.8 Å². The Bertz CT molecular complexity index is 1610. The molecule has 1 aromatic heterocycles. The molecule has 5 rings (SSSR count). The predicted molar refractivity (Wildman–Crippen MR) is 151 cm³/mol. The van der Waals surface area contributed by atoms with Crippen molar-refractivity contribution in [3.8, 4) is 11.3 Å². The van der Waals surface area contributed by atoms with Crippen LogP contribution in [0.15, 0.2) is 89.3 Å². The van der Waals surface area contributed by atoms with Crippen LogP contribution in [0.2, 0.25) is 0 Å². The van der Waals surface area contributed by atoms with E-state index in [0.717, 1.165) is 0 Å². The SMILES string of the molecule is COC(=O)c1ccc(N2CCN(C(=O)c3ccccc3)CC2)c(NC(=O)c2ccc(-c3ccccc3[N+](=O)[O-])o2)c1. The van der Waals surface area contributed by atoms with Crippen LogP contribution in [-0.2, 0) is 4.74 Å². The molecule has 2 amide bonds. The molecule has 0 atom stereocenters. The topological polar surface area (TPSA) is 135 Å². The van der Waals surface area contributed by atoms with Crippen molar-refractivity contribution in [2.24, 2.45) is 0 Å². The van der Waals surface area contributed by atoms with Gasteiger partial charge in [-0.2, -0.15) is 0 Å². The maximum Gasteiger partial charge on any atom is 0.337 e. The van der Waals surface area contributed by atoms with Gasteiger partial charge in [0.2, 0.25) is 0 Å². The summed E-state index contributed by atoms with van der Waals surface area (Å²) in [7, 11) is 1.27. The van der Waals surface area contributed by atoms with E-state index in [1.165, 1.54) is 31.4 Å². The Morgan fingerprint density at radius 3 is 2.29 bits per heavy atom. The smallest absolute Gasteiger partial charge is 0.337 e. The molecule has 208 valence electrons. The van der Waals surface area contributed by atoms with Crippen molar-refractivity contribution in [2.45, 2.75) is 0 Å². The van der Waals surface area contributed by atoms with Gasteiger partial charge >= 0.3 is 5.97 Å². The second kappa shape index (κ2) is 11.7. The molecule has 11 nitrogen and oxygen atoms in total. The summed E-state index contributed by atoms with van der Waals surface area (Å²) in [6.07, 6.45) is 0. The summed E-state index contributed by atoms with van der Waals surface area (Å²) < 4.78 is 10.5. The summed E-state index contributed by atoms with van der Waals surface area (Å²) >= 11 is 0. The lowest BCUT2D eigenvalue weighted by Crippen LogP contribution is -2.49. The van der Waals surface area contributed by atoms with Crippen molar-refractivity contribution in [3.05, 3.63) is 112 Å². The average Bonchev–Trinajstić information content (AvgIpc) is 3.51. The lowest BCUT2D eigenvalue weighted by Gasteiger charge is -2.37. The van der Waals surface area contributed by atoms with Crippen molar-refractivity contribution in [2.75, 3.05) is 43.5 Å². The number of carbonyl (C=O) groups excluding carboxylic acids is 3. The number of piperazine rings is 1. The first-order chi connectivity index (χ1) is 19.9. The minimum absolute atomic E-state index is 0.0490. The Morgan fingerprint density at radius 2 is 1.59 bits per heavy atom. The van der Waals surface area contributed by atoms with E-state index in [0.29, 0.717) is 43.1 Å². The van der Waals surface area contributed by atoms with Crippen molar-refractivity contribution in [1.29, 1.82) is 0 Å². The summed E-state index contributed by atoms with van der Waals surface area (Å²) in [4.78, 5) is 53.1. The number of nitro groups is 1. The number of ether oxygens (including phenoxy) is 1. The first kappa shape index (κ1) is 27.1. The van der Waals surface area contributed by atoms with Crippen LogP contribution in [0, 0.1) is 10.1 Å². The van der Waals surface area contributed by atoms with Crippen LogP contribution in [0.3, 0.4) is 0 Å². The molecule has 1 N–H and O–H groups in total. The van der Waals surface area contributed by atoms with Gasteiger partial charge in [-0.25, -0.2) is 4.79 Å². The summed E-state index contributed by atoms with van der Waals surface area (Å²) in [6, 6.07) is 22.9. The molecule has 4 aromatic rings. The number of nitrogens with one attached hydrogen (secondary N) is 1. The maximum absolute atomic E-state index is 13.2. The highest BCUT2D eigenvalue weighted by Gasteiger charge is 2.26. The highest BCUT2D eigenvalue weighted by Crippen LogP contribution is 2.33. The number of hydrogen-bond acceptors (Lipinski definition) is 8. The fourth-order valence-corrected chi connectivity index (χ4v) is 4.70. The van der Waals surface area contributed by atoms with Gasteiger partial charge in [0.25, 0.3) is 17.5 Å². The number of amides is 2. The molecule has 0 radical (unpaired) electrons. The van der Waals surface area contributed by atoms with E-state index in [2.05, 4.69) is 5.32 Å². The molecule has 0 saturated carbocycles. The number of para-hydroxylation sites is 1. The minimum atomic E-state index is -0.601. The largest absolute Gasteiger partial charge is 0.465 e. The van der Waals surface area contributed by atoms with Crippen LogP contribution in [0.1, 0.15) is 31.3 Å². The Morgan fingerprint density at radius 1 is 0.878 bits per heavy atom. The third-order valence-electron chi connectivity index (χ3n) is 6.79. The molecule has 0 spiro atoms. The van der Waals surface area contributed by atoms with Gasteiger partial charge in [-0.1, -0.05) is 30.3 Å². The number of esters is 1. The van der Waals surface area contributed by atoms with Crippen LogP contribution in [-0.4, -0.2) is 60.9 Å². The number of anilines is 2. The van der Waals surface area contributed by atoms with E-state index in [9.17, 15) is 24.5 Å². The molecular weight excluding hydrogens is 528 g/mol. The molecular formula is C30H26N4O7. The highest BCUT2D eigenvalue weighted by atomic mass is 16.6. The zero-order valence-corrected chi connectivity index (χ0v) is 22.1. The summed E-state index contributed by atoms with van der Waals surface area (Å²) in [5.41, 5.74) is 1.96. The van der Waals surface area contributed by atoms with Gasteiger partial charge < -0.3 is 24.3 Å². The van der Waals surface area contributed by atoms with E-state index in [1.54, 1.807) is 47.4 Å². The summed E-state index contributed by atoms with van der Waals surface area (Å²) in [5.74, 6) is -1.11. The van der Waals surface area contributed by atoms with Crippen LogP contribution in [0.25, 0.3) is 11.3 Å². The van der Waals surface area contributed by atoms with Gasteiger partial charge in [-0.05, 0) is 48.5 Å². The van der Waals surface area contributed by atoms with E-state index in [1.807, 2.05) is 23.1 Å². The third-order valence-corrected chi connectivity index (χ3v) is 6.79. The quantitative estimate of drug-likeness (QED) is 0.194. The van der Waals surface area contributed by atoms with E-state index < -0.39 is 16.8 Å². The number of rotatable bonds is 7. The van der Waals surface area contributed by atoms with Gasteiger partial charge in [0.05, 0.1) is 34.5 Å². The molecule has 1 fully saturated rings. The van der Waals surface area contributed by atoms with Gasteiger partial charge in [-0.3, -0.25) is 19.7 Å². The van der Waals surface area contributed by atoms with Crippen molar-refractivity contribution in [3.63, 3.8) is 0 Å². The Balaban J connectivity index is 1.37. The number of hydrogen-bond donors (Lipinski definition) is 1. The Labute approximate surface area is 235 Å². The highest BCUT2D eigenvalue weighted by molar-refractivity contribution is 6.05. The molecule has 1 aliphatic rings. The van der Waals surface area contributed by atoms with Crippen LogP contribution >= 0.6 is 0 Å². The molecule has 3 aromatic carbocycles. The molecule has 41 heavy (non-hydrogen) atoms. The molecule has 0 unspecified atom stereocenters. The predicted octanol–water partition coefficient (Wildman–Crippen LogP) is 4.86. The fourth-order valence-electron chi connectivity index (χ4n) is 4.70. The monoisotopic (exact) mass is 554 g/mol. The molecule has 11 heteroatoms. The molecule has 1 saturated heterocycles. The zero-order chi connectivity index (χ0) is 28.9. The average molecular weight is 555 g/mol. The molecule has 0 bridgehead atoms. The van der Waals surface area contributed by atoms with Gasteiger partial charge in [0.15, 0.2) is 5.76 Å². The van der Waals surface area contributed by atoms with E-state index in [-0.39, 0.29) is 34.2 Å². The van der Waals surface area contributed by atoms with Crippen LogP contribution in [0.4, 0.5) is 17.1 Å². The summed E-state index contributed by atoms with van der Waals surface area (Å²) in [6.45, 7) is 1.94. The summed E-state index contributed by atoms with van der Waals surface area (Å²) in [5, 5.41) is 14.2. The lowest BCUT2D eigenvalue weighted by atomic mass is 10.1. The second-order valence-corrected chi connectivity index (χ2v) is 9.26. The maximum atomic E-state index is 13.2. The Hall–Kier alpha value is -5.45. The number of carbonyl (C=O) groups is 3. The second-order valence-electron chi connectivity index (χ2n) is 9.26. The van der Waals surface area contributed by atoms with Crippen LogP contribution < -0.4 is 10.2 Å². The van der Waals surface area contributed by atoms with E-state index in [4.69, 9.17) is 9.15 Å². The molecule has 1 aliphatic heterocycles. The number of benzene rings is 3. The lowest BCUT2D eigenvalue weighted by molar-refractivity contribution is -0.384. The van der Waals surface area contributed by atoms with Crippen molar-refractivity contribution in [1.82, 2.24) is 4.90 Å². The normalized spacial score (nSPS) is 13.0. The zero-order valence-electron chi connectivity index (χ0n) is 22.1. The number of nitro benzene ring substituents is 1. The van der Waals surface area contributed by atoms with Crippen LogP contribution in [0.5, 0.6) is 0 Å². The molecule has 0 aliphatic carbocycles. The number of furan rings is 1. The Kier molecular flexibility index (Phi) is 7.77. The van der Waals surface area contributed by atoms with Gasteiger partial charge in [0.1, 0.15) is 5.76 Å². The van der Waals surface area contributed by atoms with Gasteiger partial charge in [-0.15, -0.1) is 0 Å². The van der Waals surface area contributed by atoms with Crippen molar-refractivity contribution < 1.29 is 28.5 Å². The third kappa shape index (κ3) is 5.78. The first-order valence-electron chi connectivity index (χ1n) is 12.8. The molecule has 2 heterocycles. The van der Waals surface area contributed by atoms with E-state index >= 15 is 0 Å². The first-order valence-corrected chi connectivity index (χ1v) is 12.8. The minimum Gasteiger partial charge on any atom is -0.465 e. The standard InChI is InChI=1S/C30H26N4O7/c1-40-30(37)21-11-12-25(32-15-17-33(18-16-32)29(36)20-7-3-2-4-8-20)23(19-21)31-28(35)27-14-13-26(41-27)22-9-5-6-10-24(22)34(38)39/h2-14,19H,15-18H2,1H3,(H,31,35).